The number of hydrogen-bond acceptors (Lipinski definition) is 5. The third kappa shape index (κ3) is 6.24. The Morgan fingerprint density at radius 3 is 2.52 bits per heavy atom. The summed E-state index contributed by atoms with van der Waals surface area (Å²) in [5.74, 6) is 1.04. The van der Waals surface area contributed by atoms with E-state index in [1.54, 1.807) is 0 Å². The molecule has 1 aliphatic rings. The summed E-state index contributed by atoms with van der Waals surface area (Å²) >= 11 is 0. The molecule has 1 fully saturated rings. The van der Waals surface area contributed by atoms with Crippen LogP contribution in [0.3, 0.4) is 0 Å². The van der Waals surface area contributed by atoms with Crippen LogP contribution < -0.4 is 11.5 Å². The quantitative estimate of drug-likeness (QED) is 0.492. The fraction of sp³-hybridized carbons (Fsp3) is 0.647. The maximum atomic E-state index is 8.96. The molecule has 6 heteroatoms. The lowest BCUT2D eigenvalue weighted by atomic mass is 9.80. The van der Waals surface area contributed by atoms with Gasteiger partial charge < -0.3 is 26.4 Å². The number of rotatable bonds is 9. The molecule has 3 atom stereocenters. The second-order valence-corrected chi connectivity index (χ2v) is 6.84. The van der Waals surface area contributed by atoms with Crippen LogP contribution in [0.2, 0.25) is 6.32 Å². The average molecular weight is 319 g/mol. The lowest BCUT2D eigenvalue weighted by molar-refractivity contribution is 0.296. The fourth-order valence-electron chi connectivity index (χ4n) is 3.65. The molecule has 1 aromatic rings. The zero-order valence-corrected chi connectivity index (χ0v) is 13.8. The smallest absolute Gasteiger partial charge is 0.427 e. The second-order valence-electron chi connectivity index (χ2n) is 6.84. The van der Waals surface area contributed by atoms with Crippen molar-refractivity contribution < 1.29 is 10.0 Å². The standard InChI is InChI=1S/C17H30BN3O2/c19-10-16-12-21(11-15(16)7-4-8-18(22)23)13-17(20)9-14-5-2-1-3-6-14/h1-3,5-6,15-17,22-23H,4,7-13,19-20H2/t15-,16+,17?/m0/s1. The molecule has 0 bridgehead atoms. The van der Waals surface area contributed by atoms with E-state index in [2.05, 4.69) is 17.0 Å². The van der Waals surface area contributed by atoms with E-state index in [1.807, 2.05) is 18.2 Å². The lowest BCUT2D eigenvalue weighted by Gasteiger charge is -2.21. The van der Waals surface area contributed by atoms with Gasteiger partial charge in [-0.05, 0) is 43.1 Å². The predicted molar refractivity (Wildman–Crippen MR) is 94.8 cm³/mol. The van der Waals surface area contributed by atoms with Gasteiger partial charge in [-0.2, -0.15) is 0 Å². The number of nitrogens with two attached hydrogens (primary N) is 2. The van der Waals surface area contributed by atoms with Crippen molar-refractivity contribution in [1.29, 1.82) is 0 Å². The lowest BCUT2D eigenvalue weighted by Crippen LogP contribution is -2.38. The van der Waals surface area contributed by atoms with Crippen molar-refractivity contribution in [3.63, 3.8) is 0 Å². The van der Waals surface area contributed by atoms with Crippen molar-refractivity contribution in [2.75, 3.05) is 26.2 Å². The summed E-state index contributed by atoms with van der Waals surface area (Å²) in [5.41, 5.74) is 13.5. The van der Waals surface area contributed by atoms with Crippen LogP contribution in [0.1, 0.15) is 18.4 Å². The Hall–Kier alpha value is -0.915. The van der Waals surface area contributed by atoms with Crippen LogP contribution in [-0.4, -0.2) is 54.3 Å². The van der Waals surface area contributed by atoms with Gasteiger partial charge in [0, 0.05) is 25.7 Å². The van der Waals surface area contributed by atoms with Gasteiger partial charge in [0.25, 0.3) is 0 Å². The van der Waals surface area contributed by atoms with Crippen LogP contribution in [0, 0.1) is 11.8 Å². The summed E-state index contributed by atoms with van der Waals surface area (Å²) < 4.78 is 0. The molecule has 0 aromatic heterocycles. The highest BCUT2D eigenvalue weighted by Crippen LogP contribution is 2.27. The van der Waals surface area contributed by atoms with Gasteiger partial charge in [0.1, 0.15) is 0 Å². The summed E-state index contributed by atoms with van der Waals surface area (Å²) in [6.45, 7) is 3.61. The van der Waals surface area contributed by atoms with Crippen LogP contribution in [0.15, 0.2) is 30.3 Å². The number of benzene rings is 1. The van der Waals surface area contributed by atoms with Crippen LogP contribution in [0.4, 0.5) is 0 Å². The van der Waals surface area contributed by atoms with Crippen LogP contribution in [-0.2, 0) is 6.42 Å². The summed E-state index contributed by atoms with van der Waals surface area (Å²) in [5, 5.41) is 17.9. The van der Waals surface area contributed by atoms with Gasteiger partial charge in [0.2, 0.25) is 0 Å². The molecule has 1 heterocycles. The van der Waals surface area contributed by atoms with E-state index in [-0.39, 0.29) is 6.04 Å². The Morgan fingerprint density at radius 1 is 1.17 bits per heavy atom. The van der Waals surface area contributed by atoms with E-state index < -0.39 is 7.12 Å². The van der Waals surface area contributed by atoms with Gasteiger partial charge in [-0.15, -0.1) is 0 Å². The Labute approximate surface area is 139 Å². The number of nitrogens with zero attached hydrogens (tertiary/aromatic N) is 1. The molecular weight excluding hydrogens is 289 g/mol. The first kappa shape index (κ1) is 18.4. The molecule has 0 spiro atoms. The van der Waals surface area contributed by atoms with Crippen molar-refractivity contribution >= 4 is 7.12 Å². The van der Waals surface area contributed by atoms with Crippen molar-refractivity contribution in [2.24, 2.45) is 23.3 Å². The second kappa shape index (κ2) is 9.40. The zero-order chi connectivity index (χ0) is 16.7. The first-order valence-corrected chi connectivity index (χ1v) is 8.66. The summed E-state index contributed by atoms with van der Waals surface area (Å²) in [4.78, 5) is 2.42. The van der Waals surface area contributed by atoms with Crippen LogP contribution >= 0.6 is 0 Å². The molecule has 0 saturated carbocycles. The highest BCUT2D eigenvalue weighted by atomic mass is 16.4. The van der Waals surface area contributed by atoms with Crippen molar-refractivity contribution in [3.8, 4) is 0 Å². The molecule has 0 radical (unpaired) electrons. The Kier molecular flexibility index (Phi) is 7.53. The number of hydrogen-bond donors (Lipinski definition) is 4. The zero-order valence-electron chi connectivity index (χ0n) is 13.8. The summed E-state index contributed by atoms with van der Waals surface area (Å²) in [6, 6.07) is 10.5. The number of likely N-dealkylation sites (tertiary alicyclic amines) is 1. The van der Waals surface area contributed by atoms with Gasteiger partial charge in [0.05, 0.1) is 0 Å². The topological polar surface area (TPSA) is 95.7 Å². The largest absolute Gasteiger partial charge is 0.451 e. The van der Waals surface area contributed by atoms with E-state index in [0.717, 1.165) is 38.9 Å². The van der Waals surface area contributed by atoms with Crippen molar-refractivity contribution in [1.82, 2.24) is 4.90 Å². The van der Waals surface area contributed by atoms with E-state index in [4.69, 9.17) is 21.5 Å². The Bertz CT molecular complexity index is 447. The third-order valence-corrected chi connectivity index (χ3v) is 4.83. The highest BCUT2D eigenvalue weighted by Gasteiger charge is 2.32. The molecule has 1 aromatic carbocycles. The molecule has 2 rings (SSSR count). The van der Waals surface area contributed by atoms with E-state index in [9.17, 15) is 0 Å². The van der Waals surface area contributed by atoms with Crippen LogP contribution in [0.25, 0.3) is 0 Å². The Balaban J connectivity index is 1.77. The molecule has 0 aliphatic carbocycles. The minimum Gasteiger partial charge on any atom is -0.427 e. The van der Waals surface area contributed by atoms with E-state index in [1.165, 1.54) is 5.56 Å². The summed E-state index contributed by atoms with van der Waals surface area (Å²) in [7, 11) is -1.19. The molecule has 6 N–H and O–H groups in total. The maximum absolute atomic E-state index is 8.96. The first-order valence-electron chi connectivity index (χ1n) is 8.66. The normalized spacial score (nSPS) is 23.1. The minimum absolute atomic E-state index is 0.133. The molecule has 1 unspecified atom stereocenters. The SMILES string of the molecule is NC[C@@H]1CN(CC(N)Cc2ccccc2)C[C@@H]1CCCB(O)O. The predicted octanol–water partition coefficient (Wildman–Crippen LogP) is 0.316. The molecule has 128 valence electrons. The summed E-state index contributed by atoms with van der Waals surface area (Å²) in [6.07, 6.45) is 3.18. The van der Waals surface area contributed by atoms with Gasteiger partial charge in [0.15, 0.2) is 0 Å². The van der Waals surface area contributed by atoms with Gasteiger partial charge in [-0.3, -0.25) is 0 Å². The van der Waals surface area contributed by atoms with Gasteiger partial charge >= 0.3 is 7.12 Å². The molecule has 23 heavy (non-hydrogen) atoms. The van der Waals surface area contributed by atoms with E-state index >= 15 is 0 Å². The first-order chi connectivity index (χ1) is 11.1. The fourth-order valence-corrected chi connectivity index (χ4v) is 3.65. The molecule has 0 amide bonds. The third-order valence-electron chi connectivity index (χ3n) is 4.83. The van der Waals surface area contributed by atoms with Gasteiger partial charge in [-0.1, -0.05) is 36.8 Å². The molecule has 1 saturated heterocycles. The minimum atomic E-state index is -1.19. The van der Waals surface area contributed by atoms with Crippen molar-refractivity contribution in [2.45, 2.75) is 31.6 Å². The van der Waals surface area contributed by atoms with Crippen LogP contribution in [0.5, 0.6) is 0 Å². The maximum Gasteiger partial charge on any atom is 0.451 e. The van der Waals surface area contributed by atoms with Gasteiger partial charge in [-0.25, -0.2) is 0 Å². The van der Waals surface area contributed by atoms with E-state index in [0.29, 0.717) is 24.7 Å². The molecular formula is C17H30BN3O2. The Morgan fingerprint density at radius 2 is 1.87 bits per heavy atom. The molecule has 1 aliphatic heterocycles. The highest BCUT2D eigenvalue weighted by molar-refractivity contribution is 6.40. The van der Waals surface area contributed by atoms with Crippen molar-refractivity contribution in [3.05, 3.63) is 35.9 Å². The molecule has 5 nitrogen and oxygen atoms in total. The average Bonchev–Trinajstić information content (AvgIpc) is 2.89. The monoisotopic (exact) mass is 319 g/mol.